The second-order valence-corrected chi connectivity index (χ2v) is 3.44. The Morgan fingerprint density at radius 2 is 1.84 bits per heavy atom. The van der Waals surface area contributed by atoms with Crippen molar-refractivity contribution >= 4 is 0 Å². The Morgan fingerprint density at radius 3 is 2.32 bits per heavy atom. The second kappa shape index (κ2) is 4.42. The Morgan fingerprint density at radius 1 is 1.11 bits per heavy atom. The van der Waals surface area contributed by atoms with Crippen molar-refractivity contribution in [2.45, 2.75) is 6.18 Å². The number of alkyl halides is 3. The number of nitrogens with zero attached hydrogens (tertiary/aromatic N) is 5. The molecule has 2 aromatic rings. The van der Waals surface area contributed by atoms with Gasteiger partial charge < -0.3 is 0 Å². The molecule has 0 bridgehead atoms. The molecule has 0 saturated heterocycles. The number of nitriles is 2. The van der Waals surface area contributed by atoms with Gasteiger partial charge in [0.05, 0.1) is 5.56 Å². The molecule has 0 radical (unpaired) electrons. The highest BCUT2D eigenvalue weighted by Gasteiger charge is 2.30. The summed E-state index contributed by atoms with van der Waals surface area (Å²) in [6.45, 7) is 0. The average molecular weight is 263 g/mol. The van der Waals surface area contributed by atoms with Gasteiger partial charge in [-0.3, -0.25) is 4.57 Å². The van der Waals surface area contributed by atoms with Crippen LogP contribution in [0.25, 0.3) is 5.82 Å². The maximum atomic E-state index is 12.4. The van der Waals surface area contributed by atoms with Gasteiger partial charge in [0.1, 0.15) is 24.3 Å². The number of hydrogen-bond acceptors (Lipinski definition) is 4. The highest BCUT2D eigenvalue weighted by Crippen LogP contribution is 2.28. The van der Waals surface area contributed by atoms with E-state index in [4.69, 9.17) is 10.5 Å². The van der Waals surface area contributed by atoms with Gasteiger partial charge in [-0.25, -0.2) is 9.97 Å². The highest BCUT2D eigenvalue weighted by atomic mass is 19.4. The van der Waals surface area contributed by atoms with E-state index < -0.39 is 11.7 Å². The van der Waals surface area contributed by atoms with Crippen LogP contribution in [0, 0.1) is 22.7 Å². The number of pyridine rings is 1. The Hall–Kier alpha value is -2.87. The Bertz CT molecular complexity index is 685. The van der Waals surface area contributed by atoms with Crippen molar-refractivity contribution in [3.8, 4) is 18.0 Å². The monoisotopic (exact) mass is 263 g/mol. The van der Waals surface area contributed by atoms with E-state index in [1.807, 2.05) is 0 Å². The van der Waals surface area contributed by atoms with E-state index in [0.29, 0.717) is 6.20 Å². The maximum absolute atomic E-state index is 12.4. The highest BCUT2D eigenvalue weighted by molar-refractivity contribution is 5.41. The van der Waals surface area contributed by atoms with Gasteiger partial charge >= 0.3 is 6.18 Å². The summed E-state index contributed by atoms with van der Waals surface area (Å²) in [5.74, 6) is 0.0820. The molecule has 0 aliphatic heterocycles. The lowest BCUT2D eigenvalue weighted by Crippen LogP contribution is -2.07. The molecular weight excluding hydrogens is 259 g/mol. The molecule has 0 saturated carbocycles. The molecule has 0 aliphatic carbocycles. The van der Waals surface area contributed by atoms with Crippen LogP contribution in [0.15, 0.2) is 24.7 Å². The first-order valence-corrected chi connectivity index (χ1v) is 4.88. The van der Waals surface area contributed by atoms with Crippen LogP contribution in [-0.4, -0.2) is 14.5 Å². The van der Waals surface area contributed by atoms with Gasteiger partial charge in [-0.2, -0.15) is 23.7 Å². The lowest BCUT2D eigenvalue weighted by Gasteiger charge is -2.07. The summed E-state index contributed by atoms with van der Waals surface area (Å²) in [7, 11) is 0. The third kappa shape index (κ3) is 2.24. The second-order valence-electron chi connectivity index (χ2n) is 3.44. The zero-order valence-electron chi connectivity index (χ0n) is 9.18. The van der Waals surface area contributed by atoms with Crippen LogP contribution in [0.3, 0.4) is 0 Å². The zero-order chi connectivity index (χ0) is 14.0. The number of imidazole rings is 1. The van der Waals surface area contributed by atoms with E-state index in [0.717, 1.165) is 23.0 Å². The van der Waals surface area contributed by atoms with Gasteiger partial charge in [0.15, 0.2) is 11.4 Å². The van der Waals surface area contributed by atoms with E-state index in [9.17, 15) is 13.2 Å². The van der Waals surface area contributed by atoms with Gasteiger partial charge in [0.2, 0.25) is 0 Å². The summed E-state index contributed by atoms with van der Waals surface area (Å²) in [5.41, 5.74) is -1.07. The standard InChI is InChI=1S/C11H4F3N5/c12-11(13,14)7-1-2-10(17-5-7)19-6-18-8(3-15)9(19)4-16/h1-2,5-6H. The maximum Gasteiger partial charge on any atom is 0.417 e. The van der Waals surface area contributed by atoms with Gasteiger partial charge in [0, 0.05) is 6.20 Å². The molecule has 8 heteroatoms. The van der Waals surface area contributed by atoms with Gasteiger partial charge in [-0.05, 0) is 12.1 Å². The molecule has 0 aromatic carbocycles. The van der Waals surface area contributed by atoms with Crippen molar-refractivity contribution in [2.24, 2.45) is 0 Å². The average Bonchev–Trinajstić information content (AvgIpc) is 2.80. The molecule has 5 nitrogen and oxygen atoms in total. The van der Waals surface area contributed by atoms with Gasteiger partial charge in [-0.1, -0.05) is 0 Å². The Kier molecular flexibility index (Phi) is 2.93. The summed E-state index contributed by atoms with van der Waals surface area (Å²) in [6, 6.07) is 5.41. The molecule has 0 unspecified atom stereocenters. The lowest BCUT2D eigenvalue weighted by atomic mass is 10.2. The zero-order valence-corrected chi connectivity index (χ0v) is 9.18. The van der Waals surface area contributed by atoms with Gasteiger partial charge in [-0.15, -0.1) is 0 Å². The first-order chi connectivity index (χ1) is 8.97. The molecule has 0 aliphatic rings. The van der Waals surface area contributed by atoms with Crippen LogP contribution in [-0.2, 0) is 6.18 Å². The van der Waals surface area contributed by atoms with Crippen molar-refractivity contribution in [1.29, 1.82) is 10.5 Å². The first kappa shape index (κ1) is 12.6. The molecule has 0 spiro atoms. The van der Waals surface area contributed by atoms with E-state index >= 15 is 0 Å². The summed E-state index contributed by atoms with van der Waals surface area (Å²) < 4.78 is 38.3. The minimum absolute atomic E-state index is 0.0743. The fourth-order valence-electron chi connectivity index (χ4n) is 1.41. The van der Waals surface area contributed by atoms with Crippen molar-refractivity contribution in [3.63, 3.8) is 0 Å². The minimum atomic E-state index is -4.48. The molecule has 0 N–H and O–H groups in total. The summed E-state index contributed by atoms with van der Waals surface area (Å²) >= 11 is 0. The van der Waals surface area contributed by atoms with E-state index in [-0.39, 0.29) is 17.2 Å². The normalized spacial score (nSPS) is 10.8. The molecule has 0 fully saturated rings. The summed E-state index contributed by atoms with van der Waals surface area (Å²) in [5, 5.41) is 17.6. The van der Waals surface area contributed by atoms with Crippen LogP contribution in [0.2, 0.25) is 0 Å². The molecule has 2 heterocycles. The van der Waals surface area contributed by atoms with E-state index in [2.05, 4.69) is 9.97 Å². The third-order valence-electron chi connectivity index (χ3n) is 2.30. The van der Waals surface area contributed by atoms with Crippen molar-refractivity contribution in [1.82, 2.24) is 14.5 Å². The van der Waals surface area contributed by atoms with Crippen molar-refractivity contribution in [2.75, 3.05) is 0 Å². The number of halogens is 3. The fourth-order valence-corrected chi connectivity index (χ4v) is 1.41. The molecule has 2 aromatic heterocycles. The minimum Gasteiger partial charge on any atom is -0.273 e. The van der Waals surface area contributed by atoms with E-state index in [1.165, 1.54) is 0 Å². The van der Waals surface area contributed by atoms with Crippen LogP contribution in [0.5, 0.6) is 0 Å². The molecule has 19 heavy (non-hydrogen) atoms. The van der Waals surface area contributed by atoms with Crippen LogP contribution >= 0.6 is 0 Å². The van der Waals surface area contributed by atoms with E-state index in [1.54, 1.807) is 12.1 Å². The SMILES string of the molecule is N#Cc1ncn(-c2ccc(C(F)(F)F)cn2)c1C#N. The first-order valence-electron chi connectivity index (χ1n) is 4.88. The quantitative estimate of drug-likeness (QED) is 0.788. The van der Waals surface area contributed by atoms with Crippen LogP contribution in [0.1, 0.15) is 17.0 Å². The van der Waals surface area contributed by atoms with Crippen molar-refractivity contribution in [3.05, 3.63) is 41.6 Å². The molecule has 94 valence electrons. The molecule has 2 rings (SSSR count). The number of aromatic nitrogens is 3. The number of hydrogen-bond donors (Lipinski definition) is 0. The molecule has 0 atom stereocenters. The van der Waals surface area contributed by atoms with Crippen molar-refractivity contribution < 1.29 is 13.2 Å². The predicted molar refractivity (Wildman–Crippen MR) is 55.8 cm³/mol. The third-order valence-corrected chi connectivity index (χ3v) is 2.30. The summed E-state index contributed by atoms with van der Waals surface area (Å²) in [6.07, 6.45) is -2.66. The fraction of sp³-hybridized carbons (Fsp3) is 0.0909. The largest absolute Gasteiger partial charge is 0.417 e. The smallest absolute Gasteiger partial charge is 0.273 e. The Balaban J connectivity index is 2.48. The van der Waals surface area contributed by atoms with Crippen LogP contribution in [0.4, 0.5) is 13.2 Å². The van der Waals surface area contributed by atoms with Gasteiger partial charge in [0.25, 0.3) is 0 Å². The molecular formula is C11H4F3N5. The van der Waals surface area contributed by atoms with Crippen LogP contribution < -0.4 is 0 Å². The predicted octanol–water partition coefficient (Wildman–Crippen LogP) is 2.03. The topological polar surface area (TPSA) is 78.3 Å². The molecule has 0 amide bonds. The Labute approximate surface area is 105 Å². The summed E-state index contributed by atoms with van der Waals surface area (Å²) in [4.78, 5) is 7.28. The number of rotatable bonds is 1. The lowest BCUT2D eigenvalue weighted by molar-refractivity contribution is -0.137.